The first-order valence-electron chi connectivity index (χ1n) is 11.4. The molecular weight excluding hydrogens is 425 g/mol. The van der Waals surface area contributed by atoms with Crippen molar-refractivity contribution in [3.05, 3.63) is 58.2 Å². The van der Waals surface area contributed by atoms with Crippen molar-refractivity contribution < 1.29 is 23.5 Å². The van der Waals surface area contributed by atoms with Crippen molar-refractivity contribution in [1.29, 1.82) is 0 Å². The van der Waals surface area contributed by atoms with Crippen LogP contribution in [0.3, 0.4) is 0 Å². The van der Waals surface area contributed by atoms with Crippen LogP contribution in [0.5, 0.6) is 0 Å². The topological polar surface area (TPSA) is 91.5 Å². The Balaban J connectivity index is 1.55. The van der Waals surface area contributed by atoms with E-state index in [4.69, 9.17) is 4.74 Å². The van der Waals surface area contributed by atoms with E-state index in [0.29, 0.717) is 42.1 Å². The van der Waals surface area contributed by atoms with Crippen molar-refractivity contribution in [2.45, 2.75) is 47.1 Å². The van der Waals surface area contributed by atoms with Crippen molar-refractivity contribution in [3.8, 4) is 0 Å². The molecular formula is C25H32FN3O4. The van der Waals surface area contributed by atoms with Gasteiger partial charge >= 0.3 is 5.97 Å². The van der Waals surface area contributed by atoms with E-state index >= 15 is 0 Å². The van der Waals surface area contributed by atoms with Crippen LogP contribution in [0.15, 0.2) is 24.3 Å². The van der Waals surface area contributed by atoms with Gasteiger partial charge in [-0.25, -0.2) is 9.18 Å². The Bertz CT molecular complexity index is 1010. The number of ether oxygens (including phenoxy) is 1. The minimum absolute atomic E-state index is 0.0426. The van der Waals surface area contributed by atoms with Crippen LogP contribution in [0.2, 0.25) is 0 Å². The molecule has 1 aliphatic heterocycles. The minimum atomic E-state index is -0.429. The Morgan fingerprint density at radius 3 is 2.42 bits per heavy atom. The minimum Gasteiger partial charge on any atom is -0.462 e. The van der Waals surface area contributed by atoms with Gasteiger partial charge in [-0.1, -0.05) is 19.1 Å². The van der Waals surface area contributed by atoms with Crippen LogP contribution in [0, 0.1) is 31.5 Å². The third kappa shape index (κ3) is 5.61. The summed E-state index contributed by atoms with van der Waals surface area (Å²) in [4.78, 5) is 42.7. The summed E-state index contributed by atoms with van der Waals surface area (Å²) in [5, 5.41) is 2.92. The van der Waals surface area contributed by atoms with Crippen LogP contribution >= 0.6 is 0 Å². The molecule has 1 fully saturated rings. The summed E-state index contributed by atoms with van der Waals surface area (Å²) < 4.78 is 18.1. The highest BCUT2D eigenvalue weighted by Crippen LogP contribution is 2.27. The first-order valence-corrected chi connectivity index (χ1v) is 11.4. The van der Waals surface area contributed by atoms with Gasteiger partial charge in [-0.05, 0) is 62.8 Å². The van der Waals surface area contributed by atoms with E-state index in [1.165, 1.54) is 12.1 Å². The number of benzene rings is 1. The van der Waals surface area contributed by atoms with Crippen molar-refractivity contribution in [3.63, 3.8) is 0 Å². The molecule has 7 nitrogen and oxygen atoms in total. The second-order valence-corrected chi connectivity index (χ2v) is 8.61. The van der Waals surface area contributed by atoms with Gasteiger partial charge in [-0.15, -0.1) is 0 Å². The Morgan fingerprint density at radius 1 is 1.18 bits per heavy atom. The van der Waals surface area contributed by atoms with E-state index in [2.05, 4.69) is 10.3 Å². The van der Waals surface area contributed by atoms with Gasteiger partial charge in [0.1, 0.15) is 11.5 Å². The smallest absolute Gasteiger partial charge is 0.340 e. The van der Waals surface area contributed by atoms with Crippen LogP contribution in [0.25, 0.3) is 0 Å². The van der Waals surface area contributed by atoms with Crippen LogP contribution in [-0.4, -0.2) is 47.4 Å². The number of hydrogen-bond acceptors (Lipinski definition) is 4. The standard InChI is InChI=1S/C25H32FN3O4/c1-5-33-25(32)21-16(3)22(28-17(21)4)24(31)29-12-10-19(11-13-29)15(2)23(30)27-14-18-6-8-20(26)9-7-18/h6-9,15,19,28H,5,10-14H2,1-4H3,(H,27,30)/t15-/m0/s1. The number of esters is 1. The maximum Gasteiger partial charge on any atom is 0.340 e. The van der Waals surface area contributed by atoms with Crippen LogP contribution < -0.4 is 5.32 Å². The van der Waals surface area contributed by atoms with Gasteiger partial charge in [0, 0.05) is 31.2 Å². The van der Waals surface area contributed by atoms with Crippen molar-refractivity contribution in [1.82, 2.24) is 15.2 Å². The average Bonchev–Trinajstić information content (AvgIpc) is 3.11. The zero-order valence-electron chi connectivity index (χ0n) is 19.7. The number of aryl methyl sites for hydroxylation is 1. The van der Waals surface area contributed by atoms with Crippen molar-refractivity contribution >= 4 is 17.8 Å². The number of nitrogens with one attached hydrogen (secondary N) is 2. The third-order valence-electron chi connectivity index (χ3n) is 6.46. The van der Waals surface area contributed by atoms with Gasteiger partial charge < -0.3 is 19.9 Å². The zero-order chi connectivity index (χ0) is 24.1. The number of rotatable bonds is 7. The summed E-state index contributed by atoms with van der Waals surface area (Å²) in [5.74, 6) is -0.933. The lowest BCUT2D eigenvalue weighted by molar-refractivity contribution is -0.126. The predicted octanol–water partition coefficient (Wildman–Crippen LogP) is 3.75. The van der Waals surface area contributed by atoms with E-state index in [1.807, 2.05) is 6.92 Å². The fourth-order valence-corrected chi connectivity index (χ4v) is 4.40. The molecule has 1 aliphatic rings. The van der Waals surface area contributed by atoms with E-state index in [1.54, 1.807) is 37.8 Å². The van der Waals surface area contributed by atoms with Gasteiger partial charge in [-0.2, -0.15) is 0 Å². The van der Waals surface area contributed by atoms with Crippen LogP contribution in [-0.2, 0) is 16.1 Å². The first-order chi connectivity index (χ1) is 15.7. The fraction of sp³-hybridized carbons (Fsp3) is 0.480. The van der Waals surface area contributed by atoms with E-state index in [9.17, 15) is 18.8 Å². The molecule has 0 radical (unpaired) electrons. The molecule has 1 saturated heterocycles. The molecule has 2 aromatic rings. The number of H-pyrrole nitrogens is 1. The first kappa shape index (κ1) is 24.5. The Labute approximate surface area is 193 Å². The van der Waals surface area contributed by atoms with Gasteiger partial charge in [0.05, 0.1) is 12.2 Å². The SMILES string of the molecule is CCOC(=O)c1c(C)[nH]c(C(=O)N2CCC([C@H](C)C(=O)NCc3ccc(F)cc3)CC2)c1C. The summed E-state index contributed by atoms with van der Waals surface area (Å²) in [6.45, 7) is 8.89. The lowest BCUT2D eigenvalue weighted by Crippen LogP contribution is -2.42. The molecule has 2 amide bonds. The highest BCUT2D eigenvalue weighted by atomic mass is 19.1. The normalized spacial score (nSPS) is 15.2. The summed E-state index contributed by atoms with van der Waals surface area (Å²) in [5.41, 5.74) is 2.90. The number of likely N-dealkylation sites (tertiary alicyclic amines) is 1. The Hall–Kier alpha value is -3.16. The lowest BCUT2D eigenvalue weighted by atomic mass is 9.84. The number of piperidine rings is 1. The Kier molecular flexibility index (Phi) is 7.89. The maximum absolute atomic E-state index is 13.1. The number of amides is 2. The van der Waals surface area contributed by atoms with E-state index < -0.39 is 5.97 Å². The van der Waals surface area contributed by atoms with Crippen molar-refractivity contribution in [2.24, 2.45) is 11.8 Å². The highest BCUT2D eigenvalue weighted by Gasteiger charge is 2.32. The largest absolute Gasteiger partial charge is 0.462 e. The third-order valence-corrected chi connectivity index (χ3v) is 6.46. The monoisotopic (exact) mass is 457 g/mol. The van der Waals surface area contributed by atoms with Crippen LogP contribution in [0.4, 0.5) is 4.39 Å². The van der Waals surface area contributed by atoms with Crippen LogP contribution in [0.1, 0.15) is 64.4 Å². The molecule has 178 valence electrons. The molecule has 3 rings (SSSR count). The number of nitrogens with zero attached hydrogens (tertiary/aromatic N) is 1. The summed E-state index contributed by atoms with van der Waals surface area (Å²) in [6.07, 6.45) is 1.45. The van der Waals surface area contributed by atoms with Gasteiger partial charge in [0.25, 0.3) is 5.91 Å². The molecule has 2 heterocycles. The molecule has 2 N–H and O–H groups in total. The quantitative estimate of drug-likeness (QED) is 0.620. The molecule has 1 atom stereocenters. The fourth-order valence-electron chi connectivity index (χ4n) is 4.40. The predicted molar refractivity (Wildman–Crippen MR) is 122 cm³/mol. The maximum atomic E-state index is 13.1. The second kappa shape index (κ2) is 10.6. The molecule has 8 heteroatoms. The molecule has 0 saturated carbocycles. The summed E-state index contributed by atoms with van der Waals surface area (Å²) in [6, 6.07) is 6.06. The molecule has 0 spiro atoms. The molecule has 0 unspecified atom stereocenters. The summed E-state index contributed by atoms with van der Waals surface area (Å²) in [7, 11) is 0. The number of halogens is 1. The molecule has 1 aromatic carbocycles. The van der Waals surface area contributed by atoms with Crippen molar-refractivity contribution in [2.75, 3.05) is 19.7 Å². The van der Waals surface area contributed by atoms with Gasteiger partial charge in [0.2, 0.25) is 5.91 Å². The average molecular weight is 458 g/mol. The molecule has 0 aliphatic carbocycles. The number of carbonyl (C=O) groups is 3. The lowest BCUT2D eigenvalue weighted by Gasteiger charge is -2.34. The number of aromatic nitrogens is 1. The zero-order valence-corrected chi connectivity index (χ0v) is 19.7. The van der Waals surface area contributed by atoms with E-state index in [0.717, 1.165) is 18.4 Å². The highest BCUT2D eigenvalue weighted by molar-refractivity contribution is 6.00. The molecule has 1 aromatic heterocycles. The van der Waals surface area contributed by atoms with E-state index in [-0.39, 0.29) is 36.1 Å². The summed E-state index contributed by atoms with van der Waals surface area (Å²) >= 11 is 0. The number of aromatic amines is 1. The molecule has 33 heavy (non-hydrogen) atoms. The molecule has 0 bridgehead atoms. The Morgan fingerprint density at radius 2 is 1.82 bits per heavy atom. The number of carbonyl (C=O) groups excluding carboxylic acids is 3. The number of hydrogen-bond donors (Lipinski definition) is 2. The van der Waals surface area contributed by atoms with Gasteiger partial charge in [-0.3, -0.25) is 9.59 Å². The second-order valence-electron chi connectivity index (χ2n) is 8.61. The van der Waals surface area contributed by atoms with Gasteiger partial charge in [0.15, 0.2) is 0 Å².